The number of halogens is 2. The summed E-state index contributed by atoms with van der Waals surface area (Å²) in [7, 11) is 1.48. The lowest BCUT2D eigenvalue weighted by molar-refractivity contribution is 0.387. The van der Waals surface area contributed by atoms with Crippen LogP contribution in [0.4, 0.5) is 4.39 Å². The number of ether oxygens (including phenoxy) is 1. The van der Waals surface area contributed by atoms with Crippen molar-refractivity contribution >= 4 is 22.6 Å². The molecule has 21 heavy (non-hydrogen) atoms. The average Bonchev–Trinajstić information content (AvgIpc) is 3.18. The van der Waals surface area contributed by atoms with Gasteiger partial charge in [0.1, 0.15) is 5.82 Å². The van der Waals surface area contributed by atoms with E-state index < -0.39 is 0 Å². The Morgan fingerprint density at radius 3 is 2.86 bits per heavy atom. The lowest BCUT2D eigenvalue weighted by Crippen LogP contribution is -2.11. The van der Waals surface area contributed by atoms with E-state index in [-0.39, 0.29) is 11.6 Å². The summed E-state index contributed by atoms with van der Waals surface area (Å²) in [6.45, 7) is 2.20. The summed E-state index contributed by atoms with van der Waals surface area (Å²) < 4.78 is 21.2. The van der Waals surface area contributed by atoms with E-state index in [1.165, 1.54) is 26.0 Å². The summed E-state index contributed by atoms with van der Waals surface area (Å²) in [5.41, 5.74) is 1.61. The summed E-state index contributed by atoms with van der Waals surface area (Å²) in [5, 5.41) is 0. The number of alkyl halides is 1. The fourth-order valence-corrected chi connectivity index (χ4v) is 3.17. The zero-order valence-electron chi connectivity index (χ0n) is 12.4. The number of imidazole rings is 1. The van der Waals surface area contributed by atoms with Crippen molar-refractivity contribution in [2.24, 2.45) is 5.92 Å². The third kappa shape index (κ3) is 2.86. The molecule has 1 unspecified atom stereocenters. The Hall–Kier alpha value is -1.29. The van der Waals surface area contributed by atoms with Crippen LogP contribution in [0.3, 0.4) is 0 Å². The highest BCUT2D eigenvalue weighted by Gasteiger charge is 2.26. The summed E-state index contributed by atoms with van der Waals surface area (Å²) in [6, 6.07) is 3.54. The number of fused-ring (bicyclic) bond motifs is 1. The van der Waals surface area contributed by atoms with Crippen LogP contribution < -0.4 is 4.74 Å². The topological polar surface area (TPSA) is 27.1 Å². The minimum atomic E-state index is -0.373. The highest BCUT2D eigenvalue weighted by atomic mass is 35.5. The quantitative estimate of drug-likeness (QED) is 0.743. The Balaban J connectivity index is 2.09. The van der Waals surface area contributed by atoms with Crippen molar-refractivity contribution in [3.8, 4) is 5.75 Å². The molecule has 1 aromatic carbocycles. The predicted molar refractivity (Wildman–Crippen MR) is 82.7 cm³/mol. The van der Waals surface area contributed by atoms with Crippen LogP contribution in [0.15, 0.2) is 12.1 Å². The van der Waals surface area contributed by atoms with Crippen molar-refractivity contribution in [2.75, 3.05) is 13.0 Å². The zero-order chi connectivity index (χ0) is 15.0. The van der Waals surface area contributed by atoms with Gasteiger partial charge in [-0.05, 0) is 19.3 Å². The Bertz CT molecular complexity index is 651. The molecule has 1 aromatic heterocycles. The van der Waals surface area contributed by atoms with E-state index in [0.29, 0.717) is 23.9 Å². The van der Waals surface area contributed by atoms with Crippen molar-refractivity contribution in [3.05, 3.63) is 23.8 Å². The van der Waals surface area contributed by atoms with Gasteiger partial charge in [0.2, 0.25) is 0 Å². The minimum absolute atomic E-state index is 0.264. The Morgan fingerprint density at radius 2 is 2.24 bits per heavy atom. The van der Waals surface area contributed by atoms with Crippen molar-refractivity contribution in [2.45, 2.75) is 38.6 Å². The van der Waals surface area contributed by atoms with Crippen LogP contribution in [0.1, 0.15) is 38.1 Å². The summed E-state index contributed by atoms with van der Waals surface area (Å²) in [5.74, 6) is 2.16. The molecule has 1 atom stereocenters. The summed E-state index contributed by atoms with van der Waals surface area (Å²) in [6.07, 6.45) is 4.47. The lowest BCUT2D eigenvalue weighted by Gasteiger charge is -2.17. The molecule has 0 spiro atoms. The number of rotatable bonds is 6. The molecule has 0 amide bonds. The second kappa shape index (κ2) is 5.84. The maximum Gasteiger partial charge on any atom is 0.167 e. The van der Waals surface area contributed by atoms with E-state index in [9.17, 15) is 4.39 Å². The number of nitrogens with zero attached hydrogens (tertiary/aromatic N) is 2. The van der Waals surface area contributed by atoms with Gasteiger partial charge in [0.25, 0.3) is 0 Å². The molecule has 3 nitrogen and oxygen atoms in total. The van der Waals surface area contributed by atoms with E-state index in [2.05, 4.69) is 16.5 Å². The highest BCUT2D eigenvalue weighted by molar-refractivity contribution is 6.17. The lowest BCUT2D eigenvalue weighted by atomic mass is 10.1. The maximum absolute atomic E-state index is 13.9. The molecule has 1 saturated carbocycles. The second-order valence-electron chi connectivity index (χ2n) is 5.84. The first-order chi connectivity index (χ1) is 10.1. The number of methoxy groups -OCH3 is 1. The zero-order valence-corrected chi connectivity index (χ0v) is 13.2. The molecular formula is C16H20ClFN2O. The van der Waals surface area contributed by atoms with Gasteiger partial charge < -0.3 is 9.30 Å². The van der Waals surface area contributed by atoms with Crippen molar-refractivity contribution in [1.82, 2.24) is 9.55 Å². The van der Waals surface area contributed by atoms with Gasteiger partial charge in [-0.15, -0.1) is 11.6 Å². The molecule has 1 heterocycles. The molecule has 1 fully saturated rings. The monoisotopic (exact) mass is 310 g/mol. The molecule has 0 aliphatic heterocycles. The van der Waals surface area contributed by atoms with Crippen LogP contribution >= 0.6 is 11.6 Å². The van der Waals surface area contributed by atoms with Gasteiger partial charge in [0, 0.05) is 30.5 Å². The van der Waals surface area contributed by atoms with E-state index in [1.54, 1.807) is 6.07 Å². The van der Waals surface area contributed by atoms with Crippen LogP contribution in [0, 0.1) is 11.7 Å². The van der Waals surface area contributed by atoms with Gasteiger partial charge in [-0.2, -0.15) is 0 Å². The SMILES string of the molecule is COc1cc2c(cc1F)nc(CCCl)n2C(C)CC1CC1. The van der Waals surface area contributed by atoms with Gasteiger partial charge >= 0.3 is 0 Å². The van der Waals surface area contributed by atoms with Crippen molar-refractivity contribution in [3.63, 3.8) is 0 Å². The molecule has 0 saturated heterocycles. The minimum Gasteiger partial charge on any atom is -0.494 e. The molecule has 1 aliphatic rings. The first-order valence-electron chi connectivity index (χ1n) is 7.44. The summed E-state index contributed by atoms with van der Waals surface area (Å²) in [4.78, 5) is 4.57. The average molecular weight is 311 g/mol. The Kier molecular flexibility index (Phi) is 4.07. The van der Waals surface area contributed by atoms with Gasteiger partial charge in [0.05, 0.1) is 18.1 Å². The molecule has 0 bridgehead atoms. The molecule has 5 heteroatoms. The highest BCUT2D eigenvalue weighted by Crippen LogP contribution is 2.38. The standard InChI is InChI=1S/C16H20ClFN2O/c1-10(7-11-3-4-11)20-14-9-15(21-2)12(18)8-13(14)19-16(20)5-6-17/h8-11H,3-7H2,1-2H3. The number of hydrogen-bond donors (Lipinski definition) is 0. The molecule has 2 aromatic rings. The van der Waals surface area contributed by atoms with E-state index in [4.69, 9.17) is 16.3 Å². The molecular weight excluding hydrogens is 291 g/mol. The van der Waals surface area contributed by atoms with E-state index >= 15 is 0 Å². The Morgan fingerprint density at radius 1 is 1.48 bits per heavy atom. The van der Waals surface area contributed by atoms with Crippen molar-refractivity contribution in [1.29, 1.82) is 0 Å². The number of benzene rings is 1. The van der Waals surface area contributed by atoms with Gasteiger partial charge in [-0.3, -0.25) is 0 Å². The van der Waals surface area contributed by atoms with Crippen molar-refractivity contribution < 1.29 is 9.13 Å². The number of aryl methyl sites for hydroxylation is 1. The first kappa shape index (κ1) is 14.6. The maximum atomic E-state index is 13.9. The van der Waals surface area contributed by atoms with Gasteiger partial charge in [0.15, 0.2) is 11.6 Å². The predicted octanol–water partition coefficient (Wildman–Crippen LogP) is 4.33. The van der Waals surface area contributed by atoms with Gasteiger partial charge in [-0.1, -0.05) is 12.8 Å². The second-order valence-corrected chi connectivity index (χ2v) is 6.22. The smallest absolute Gasteiger partial charge is 0.167 e. The van der Waals surface area contributed by atoms with Crippen LogP contribution in [-0.2, 0) is 6.42 Å². The third-order valence-corrected chi connectivity index (χ3v) is 4.36. The molecule has 0 N–H and O–H groups in total. The first-order valence-corrected chi connectivity index (χ1v) is 7.97. The fourth-order valence-electron chi connectivity index (χ4n) is 3.00. The normalized spacial score (nSPS) is 16.4. The number of hydrogen-bond acceptors (Lipinski definition) is 2. The Labute approximate surface area is 129 Å². The van der Waals surface area contributed by atoms with E-state index in [1.807, 2.05) is 0 Å². The third-order valence-electron chi connectivity index (χ3n) is 4.17. The van der Waals surface area contributed by atoms with Crippen LogP contribution in [-0.4, -0.2) is 22.5 Å². The molecule has 3 rings (SSSR count). The van der Waals surface area contributed by atoms with Gasteiger partial charge in [-0.25, -0.2) is 9.37 Å². The molecule has 1 aliphatic carbocycles. The summed E-state index contributed by atoms with van der Waals surface area (Å²) >= 11 is 5.90. The van der Waals surface area contributed by atoms with Crippen LogP contribution in [0.5, 0.6) is 5.75 Å². The molecule has 114 valence electrons. The van der Waals surface area contributed by atoms with E-state index in [0.717, 1.165) is 23.7 Å². The molecule has 0 radical (unpaired) electrons. The largest absolute Gasteiger partial charge is 0.494 e. The fraction of sp³-hybridized carbons (Fsp3) is 0.562. The number of aromatic nitrogens is 2. The van der Waals surface area contributed by atoms with Crippen LogP contribution in [0.25, 0.3) is 11.0 Å². The van der Waals surface area contributed by atoms with Crippen LogP contribution in [0.2, 0.25) is 0 Å².